The number of aliphatic imine (C=N–C) groups is 1. The second kappa shape index (κ2) is 15.0. The second-order valence-corrected chi connectivity index (χ2v) is 11.9. The van der Waals surface area contributed by atoms with Crippen LogP contribution in [0.25, 0.3) is 5.57 Å². The Hall–Kier alpha value is -5.39. The second-order valence-electron chi connectivity index (χ2n) is 11.9. The number of rotatable bonds is 12. The van der Waals surface area contributed by atoms with Crippen LogP contribution in [-0.4, -0.2) is 84.5 Å². The maximum absolute atomic E-state index is 12.9. The van der Waals surface area contributed by atoms with Crippen molar-refractivity contribution in [2.24, 2.45) is 4.99 Å². The monoisotopic (exact) mass is 659 g/mol. The number of fused-ring (bicyclic) bond motifs is 2. The highest BCUT2D eigenvalue weighted by molar-refractivity contribution is 6.09. The van der Waals surface area contributed by atoms with Gasteiger partial charge < -0.3 is 33.5 Å². The molecule has 0 atom stereocenters. The molecule has 0 aromatic heterocycles. The van der Waals surface area contributed by atoms with Crippen LogP contribution in [0.3, 0.4) is 0 Å². The summed E-state index contributed by atoms with van der Waals surface area (Å²) in [4.78, 5) is 56.1. The van der Waals surface area contributed by atoms with Crippen molar-refractivity contribution in [3.05, 3.63) is 82.5 Å². The summed E-state index contributed by atoms with van der Waals surface area (Å²) in [5.41, 5.74) is 7.97. The van der Waals surface area contributed by atoms with Gasteiger partial charge in [-0.25, -0.2) is 0 Å². The van der Waals surface area contributed by atoms with Crippen LogP contribution in [-0.2, 0) is 43.5 Å². The Bertz CT molecular complexity index is 1700. The molecule has 0 N–H and O–H groups in total. The average Bonchev–Trinajstić information content (AvgIpc) is 3.03. The van der Waals surface area contributed by atoms with E-state index in [0.29, 0.717) is 11.4 Å². The zero-order valence-electron chi connectivity index (χ0n) is 28.5. The first-order valence-electron chi connectivity index (χ1n) is 15.2. The lowest BCUT2D eigenvalue weighted by atomic mass is 9.64. The molecule has 0 heterocycles. The third-order valence-electron chi connectivity index (χ3n) is 8.08. The van der Waals surface area contributed by atoms with E-state index in [9.17, 15) is 19.2 Å². The molecule has 2 aromatic carbocycles. The first-order chi connectivity index (χ1) is 22.8. The van der Waals surface area contributed by atoms with Crippen molar-refractivity contribution in [3.63, 3.8) is 0 Å². The van der Waals surface area contributed by atoms with Gasteiger partial charge >= 0.3 is 23.9 Å². The minimum absolute atomic E-state index is 0.361. The summed E-state index contributed by atoms with van der Waals surface area (Å²) in [6.45, 7) is 4.76. The number of hydrogen-bond acceptors (Lipinski definition) is 12. The number of nitrogens with zero attached hydrogens (tertiary/aromatic N) is 3. The summed E-state index contributed by atoms with van der Waals surface area (Å²) >= 11 is 0. The molecule has 2 aliphatic carbocycles. The van der Waals surface area contributed by atoms with Gasteiger partial charge in [-0.15, -0.1) is 0 Å². The van der Waals surface area contributed by atoms with Gasteiger partial charge in [0.25, 0.3) is 0 Å². The largest absolute Gasteiger partial charge is 0.495 e. The minimum Gasteiger partial charge on any atom is -0.495 e. The van der Waals surface area contributed by atoms with E-state index < -0.39 is 50.6 Å². The molecule has 0 amide bonds. The Kier molecular flexibility index (Phi) is 11.1. The van der Waals surface area contributed by atoms with Gasteiger partial charge in [-0.2, -0.15) is 0 Å². The third kappa shape index (κ3) is 7.93. The maximum Gasteiger partial charge on any atom is 0.328 e. The van der Waals surface area contributed by atoms with Gasteiger partial charge in [0.15, 0.2) is 0 Å². The number of anilines is 2. The molecule has 254 valence electrons. The topological polar surface area (TPSA) is 133 Å². The number of ether oxygens (including phenoxy) is 5. The highest BCUT2D eigenvalue weighted by Gasteiger charge is 2.38. The Labute approximate surface area is 280 Å². The lowest BCUT2D eigenvalue weighted by molar-refractivity contribution is -0.165. The van der Waals surface area contributed by atoms with Crippen molar-refractivity contribution in [3.8, 4) is 5.75 Å². The van der Waals surface area contributed by atoms with Crippen LogP contribution in [0.1, 0.15) is 44.4 Å². The molecule has 4 rings (SSSR count). The number of methoxy groups -OCH3 is 1. The molecule has 2 aromatic rings. The van der Waals surface area contributed by atoms with E-state index in [0.717, 1.165) is 44.8 Å². The van der Waals surface area contributed by atoms with Crippen molar-refractivity contribution in [2.75, 3.05) is 64.7 Å². The quantitative estimate of drug-likeness (QED) is 0.238. The molecule has 12 nitrogen and oxygen atoms in total. The fourth-order valence-electron chi connectivity index (χ4n) is 5.63. The Balaban J connectivity index is 1.86. The Morgan fingerprint density at radius 2 is 1.46 bits per heavy atom. The predicted molar refractivity (Wildman–Crippen MR) is 181 cm³/mol. The van der Waals surface area contributed by atoms with E-state index in [4.69, 9.17) is 23.7 Å². The molecule has 12 heteroatoms. The van der Waals surface area contributed by atoms with Crippen LogP contribution >= 0.6 is 0 Å². The molecule has 0 saturated heterocycles. The van der Waals surface area contributed by atoms with Crippen molar-refractivity contribution in [1.82, 2.24) is 0 Å². The molecule has 2 aliphatic rings. The van der Waals surface area contributed by atoms with Crippen LogP contribution in [0.15, 0.2) is 70.8 Å². The van der Waals surface area contributed by atoms with Gasteiger partial charge in [-0.05, 0) is 69.8 Å². The maximum atomic E-state index is 12.9. The fraction of sp³-hybridized carbons (Fsp3) is 0.361. The van der Waals surface area contributed by atoms with Crippen molar-refractivity contribution in [1.29, 1.82) is 0 Å². The third-order valence-corrected chi connectivity index (χ3v) is 8.08. The van der Waals surface area contributed by atoms with E-state index >= 15 is 0 Å². The highest BCUT2D eigenvalue weighted by Crippen LogP contribution is 2.51. The lowest BCUT2D eigenvalue weighted by Crippen LogP contribution is -2.37. The van der Waals surface area contributed by atoms with Crippen molar-refractivity contribution < 1.29 is 42.9 Å². The minimum atomic E-state index is -0.772. The van der Waals surface area contributed by atoms with Crippen molar-refractivity contribution in [2.45, 2.75) is 33.1 Å². The van der Waals surface area contributed by atoms with E-state index in [1.807, 2.05) is 32.3 Å². The zero-order chi connectivity index (χ0) is 35.2. The summed E-state index contributed by atoms with van der Waals surface area (Å²) in [5.74, 6) is -2.40. The highest BCUT2D eigenvalue weighted by atomic mass is 16.7. The summed E-state index contributed by atoms with van der Waals surface area (Å²) in [6.07, 6.45) is 6.15. The number of carbonyl (C=O) groups excluding carboxylic acids is 4. The van der Waals surface area contributed by atoms with Gasteiger partial charge in [0.1, 0.15) is 18.8 Å². The van der Waals surface area contributed by atoms with Gasteiger partial charge in [0.05, 0.1) is 18.5 Å². The molecule has 48 heavy (non-hydrogen) atoms. The first kappa shape index (κ1) is 35.5. The fourth-order valence-corrected chi connectivity index (χ4v) is 5.63. The van der Waals surface area contributed by atoms with Crippen molar-refractivity contribution >= 4 is 46.5 Å². The predicted octanol–water partition coefficient (Wildman–Crippen LogP) is 4.36. The smallest absolute Gasteiger partial charge is 0.328 e. The Morgan fingerprint density at radius 3 is 2.00 bits per heavy atom. The number of esters is 4. The normalized spacial score (nSPS) is 15.1. The summed E-state index contributed by atoms with van der Waals surface area (Å²) in [5, 5.41) is 0. The molecule has 0 saturated carbocycles. The van der Waals surface area contributed by atoms with E-state index in [1.165, 1.54) is 25.9 Å². The molecule has 0 unspecified atom stereocenters. The molecule has 0 fully saturated rings. The molecule has 0 spiro atoms. The zero-order valence-corrected chi connectivity index (χ0v) is 28.5. The van der Waals surface area contributed by atoms with Gasteiger partial charge in [-0.1, -0.05) is 32.1 Å². The van der Waals surface area contributed by atoms with Crippen LogP contribution < -0.4 is 14.5 Å². The van der Waals surface area contributed by atoms with Crippen LogP contribution in [0.4, 0.5) is 11.4 Å². The van der Waals surface area contributed by atoms with E-state index in [1.54, 1.807) is 13.1 Å². The van der Waals surface area contributed by atoms with Crippen LogP contribution in [0.5, 0.6) is 5.75 Å². The molecular formula is C36H41N3O9. The van der Waals surface area contributed by atoms with Crippen LogP contribution in [0, 0.1) is 0 Å². The SMILES string of the molecule is CN=C1C=CC2=C(c3ccc(OC)c(N(CC(=O)OCOC(C)=O)CC(=O)OCOC(C)=O)c3)c3ccc(N(C)C)cc3C(C)(C)C2=C1. The molecule has 0 radical (unpaired) electrons. The standard InChI is InChI=1S/C36H41N3O9/c1-22(40)45-20-47-33(42)18-39(19-34(43)48-21-46-23(2)41)31-15-24(9-14-32(31)44-8)35-27-12-10-25(37-5)16-29(27)36(3,4)30-17-26(38(6)7)11-13-28(30)35/h9-17H,18-21H2,1-8H3. The summed E-state index contributed by atoms with van der Waals surface area (Å²) < 4.78 is 25.3. The number of benzene rings is 2. The molecule has 0 bridgehead atoms. The van der Waals surface area contributed by atoms with E-state index in [2.05, 4.69) is 54.1 Å². The summed E-state index contributed by atoms with van der Waals surface area (Å²) in [7, 11) is 7.25. The number of allylic oxidation sites excluding steroid dienone is 5. The summed E-state index contributed by atoms with van der Waals surface area (Å²) in [6, 6.07) is 11.9. The lowest BCUT2D eigenvalue weighted by Gasteiger charge is -2.40. The average molecular weight is 660 g/mol. The first-order valence-corrected chi connectivity index (χ1v) is 15.2. The molecular weight excluding hydrogens is 618 g/mol. The number of carbonyl (C=O) groups is 4. The van der Waals surface area contributed by atoms with Gasteiger partial charge in [0.2, 0.25) is 13.6 Å². The molecule has 0 aliphatic heterocycles. The number of hydrogen-bond donors (Lipinski definition) is 0. The van der Waals surface area contributed by atoms with Crippen LogP contribution in [0.2, 0.25) is 0 Å². The van der Waals surface area contributed by atoms with Gasteiger partial charge in [-0.3, -0.25) is 24.2 Å². The van der Waals surface area contributed by atoms with Gasteiger partial charge in [0, 0.05) is 46.1 Å². The Morgan fingerprint density at radius 1 is 0.833 bits per heavy atom. The van der Waals surface area contributed by atoms with E-state index in [-0.39, 0.29) is 5.41 Å².